The second kappa shape index (κ2) is 12.7. The molecule has 43 heavy (non-hydrogen) atoms. The average molecular weight is 594 g/mol. The van der Waals surface area contributed by atoms with Crippen LogP contribution in [0.4, 0.5) is 0 Å². The van der Waals surface area contributed by atoms with E-state index >= 15 is 0 Å². The van der Waals surface area contributed by atoms with Crippen molar-refractivity contribution >= 4 is 23.9 Å². The summed E-state index contributed by atoms with van der Waals surface area (Å²) in [5, 5.41) is 18.4. The Morgan fingerprint density at radius 3 is 2.30 bits per heavy atom. The molecule has 9 nitrogen and oxygen atoms in total. The van der Waals surface area contributed by atoms with E-state index in [0.29, 0.717) is 11.0 Å². The summed E-state index contributed by atoms with van der Waals surface area (Å²) < 4.78 is 9.17. The van der Waals surface area contributed by atoms with Gasteiger partial charge in [-0.3, -0.25) is 9.36 Å². The normalized spacial score (nSPS) is 11.7. The minimum atomic E-state index is -0.257. The molecule has 10 heteroatoms. The number of hydrazone groups is 1. The smallest absolute Gasteiger partial charge is 0.250 e. The van der Waals surface area contributed by atoms with E-state index in [0.717, 1.165) is 39.6 Å². The summed E-state index contributed by atoms with van der Waals surface area (Å²) in [7, 11) is 1.64. The summed E-state index contributed by atoms with van der Waals surface area (Å²) >= 11 is 1.29. The van der Waals surface area contributed by atoms with Gasteiger partial charge in [0.05, 0.1) is 36.2 Å². The van der Waals surface area contributed by atoms with Crippen molar-refractivity contribution < 1.29 is 9.53 Å². The Bertz CT molecular complexity index is 1730. The van der Waals surface area contributed by atoms with Gasteiger partial charge in [-0.25, -0.2) is 10.1 Å². The van der Waals surface area contributed by atoms with Gasteiger partial charge in [0.15, 0.2) is 11.0 Å². The highest BCUT2D eigenvalue weighted by molar-refractivity contribution is 7.99. The van der Waals surface area contributed by atoms with E-state index in [-0.39, 0.29) is 17.1 Å². The highest BCUT2D eigenvalue weighted by Gasteiger charge is 2.19. The molecule has 2 heterocycles. The first-order valence-electron chi connectivity index (χ1n) is 13.9. The molecule has 0 unspecified atom stereocenters. The van der Waals surface area contributed by atoms with Gasteiger partial charge in [0.1, 0.15) is 5.75 Å². The standard InChI is InChI=1S/C33H35N7O2S/c1-22-29(23(2)40(38-22)27-10-8-7-9-11-27)20-34-35-30(41)21-43-32-37-36-31(24-12-14-25(15-13-24)33(3,4)5)39(32)26-16-18-28(42-6)19-17-26/h7-20H,21H2,1-6H3,(H,35,41)/b34-20-. The van der Waals surface area contributed by atoms with Gasteiger partial charge in [-0.2, -0.15) is 10.2 Å². The second-order valence-corrected chi connectivity index (χ2v) is 12.0. The van der Waals surface area contributed by atoms with Crippen molar-refractivity contribution in [1.82, 2.24) is 30.0 Å². The number of rotatable bonds is 9. The summed E-state index contributed by atoms with van der Waals surface area (Å²) in [6.45, 7) is 10.5. The Morgan fingerprint density at radius 1 is 0.953 bits per heavy atom. The molecule has 220 valence electrons. The molecule has 0 bridgehead atoms. The number of nitrogens with one attached hydrogen (secondary N) is 1. The maximum atomic E-state index is 12.8. The monoisotopic (exact) mass is 593 g/mol. The lowest BCUT2D eigenvalue weighted by Gasteiger charge is -2.19. The molecule has 0 aliphatic rings. The molecule has 1 N–H and O–H groups in total. The molecule has 0 aliphatic heterocycles. The second-order valence-electron chi connectivity index (χ2n) is 11.1. The van der Waals surface area contributed by atoms with Crippen LogP contribution in [0.15, 0.2) is 89.1 Å². The number of ether oxygens (including phenoxy) is 1. The molecule has 0 saturated carbocycles. The SMILES string of the molecule is COc1ccc(-n2c(SCC(=O)N/N=C\c3c(C)nn(-c4ccccc4)c3C)nnc2-c2ccc(C(C)(C)C)cc2)cc1. The first kappa shape index (κ1) is 29.8. The molecular formula is C33H35N7O2S. The molecule has 0 aliphatic carbocycles. The number of carbonyl (C=O) groups is 1. The lowest BCUT2D eigenvalue weighted by atomic mass is 9.87. The molecule has 3 aromatic carbocycles. The fourth-order valence-electron chi connectivity index (χ4n) is 4.63. The van der Waals surface area contributed by atoms with Gasteiger partial charge in [0.2, 0.25) is 0 Å². The zero-order valence-corrected chi connectivity index (χ0v) is 26.0. The molecule has 5 aromatic rings. The van der Waals surface area contributed by atoms with E-state index < -0.39 is 0 Å². The van der Waals surface area contributed by atoms with Gasteiger partial charge < -0.3 is 4.74 Å². The number of aromatic nitrogens is 5. The van der Waals surface area contributed by atoms with Crippen molar-refractivity contribution in [3.8, 4) is 28.5 Å². The van der Waals surface area contributed by atoms with Gasteiger partial charge in [-0.05, 0) is 61.2 Å². The summed E-state index contributed by atoms with van der Waals surface area (Å²) in [6.07, 6.45) is 1.64. The molecule has 2 aromatic heterocycles. The maximum Gasteiger partial charge on any atom is 0.250 e. The fourth-order valence-corrected chi connectivity index (χ4v) is 5.37. The van der Waals surface area contributed by atoms with Crippen LogP contribution < -0.4 is 10.2 Å². The third-order valence-corrected chi connectivity index (χ3v) is 7.97. The molecule has 0 radical (unpaired) electrons. The van der Waals surface area contributed by atoms with Gasteiger partial charge in [-0.1, -0.05) is 75.0 Å². The summed E-state index contributed by atoms with van der Waals surface area (Å²) in [5.41, 5.74) is 9.29. The minimum absolute atomic E-state index is 0.0405. The van der Waals surface area contributed by atoms with Crippen LogP contribution in [0.3, 0.4) is 0 Å². The Hall–Kier alpha value is -4.70. The van der Waals surface area contributed by atoms with E-state index in [1.807, 2.05) is 77.7 Å². The van der Waals surface area contributed by atoms with Crippen molar-refractivity contribution in [2.24, 2.45) is 5.10 Å². The van der Waals surface area contributed by atoms with Crippen LogP contribution in [-0.4, -0.2) is 49.5 Å². The van der Waals surface area contributed by atoms with E-state index in [4.69, 9.17) is 4.74 Å². The molecule has 5 rings (SSSR count). The molecular weight excluding hydrogens is 558 g/mol. The van der Waals surface area contributed by atoms with Gasteiger partial charge in [-0.15, -0.1) is 10.2 Å². The topological polar surface area (TPSA) is 99.2 Å². The largest absolute Gasteiger partial charge is 0.497 e. The van der Waals surface area contributed by atoms with Crippen LogP contribution in [0.1, 0.15) is 43.3 Å². The summed E-state index contributed by atoms with van der Waals surface area (Å²) in [6, 6.07) is 25.9. The van der Waals surface area contributed by atoms with Crippen LogP contribution in [0.2, 0.25) is 0 Å². The van der Waals surface area contributed by atoms with Crippen molar-refractivity contribution in [3.63, 3.8) is 0 Å². The van der Waals surface area contributed by atoms with Crippen molar-refractivity contribution in [3.05, 3.63) is 101 Å². The molecule has 0 fully saturated rings. The predicted octanol–water partition coefficient (Wildman–Crippen LogP) is 6.29. The zero-order valence-electron chi connectivity index (χ0n) is 25.2. The number of methoxy groups -OCH3 is 1. The number of hydrogen-bond acceptors (Lipinski definition) is 7. The number of thioether (sulfide) groups is 1. The van der Waals surface area contributed by atoms with E-state index in [1.165, 1.54) is 17.3 Å². The maximum absolute atomic E-state index is 12.8. The highest BCUT2D eigenvalue weighted by atomic mass is 32.2. The summed E-state index contributed by atoms with van der Waals surface area (Å²) in [5.74, 6) is 1.29. The molecule has 0 spiro atoms. The van der Waals surface area contributed by atoms with Crippen LogP contribution in [0.5, 0.6) is 5.75 Å². The molecule has 0 atom stereocenters. The van der Waals surface area contributed by atoms with Gasteiger partial charge >= 0.3 is 0 Å². The van der Waals surface area contributed by atoms with Crippen LogP contribution in [0, 0.1) is 13.8 Å². The highest BCUT2D eigenvalue weighted by Crippen LogP contribution is 2.31. The number of benzene rings is 3. The number of hydrogen-bond donors (Lipinski definition) is 1. The average Bonchev–Trinajstić information content (AvgIpc) is 3.56. The van der Waals surface area contributed by atoms with Gasteiger partial charge in [0, 0.05) is 16.8 Å². The third kappa shape index (κ3) is 6.70. The van der Waals surface area contributed by atoms with E-state index in [1.54, 1.807) is 13.3 Å². The minimum Gasteiger partial charge on any atom is -0.497 e. The fraction of sp³-hybridized carbons (Fsp3) is 0.242. The van der Waals surface area contributed by atoms with Crippen molar-refractivity contribution in [2.45, 2.75) is 45.2 Å². The summed E-state index contributed by atoms with van der Waals surface area (Å²) in [4.78, 5) is 12.8. The quantitative estimate of drug-likeness (QED) is 0.123. The lowest BCUT2D eigenvalue weighted by molar-refractivity contribution is -0.118. The predicted molar refractivity (Wildman–Crippen MR) is 172 cm³/mol. The van der Waals surface area contributed by atoms with E-state index in [9.17, 15) is 4.79 Å². The first-order chi connectivity index (χ1) is 20.7. The molecule has 0 saturated heterocycles. The van der Waals surface area contributed by atoms with Gasteiger partial charge in [0.25, 0.3) is 5.91 Å². The Labute approximate surface area is 256 Å². The van der Waals surface area contributed by atoms with Crippen LogP contribution in [0.25, 0.3) is 22.8 Å². The Kier molecular flexibility index (Phi) is 8.77. The Balaban J connectivity index is 1.33. The first-order valence-corrected chi connectivity index (χ1v) is 14.9. The zero-order chi connectivity index (χ0) is 30.6. The van der Waals surface area contributed by atoms with Crippen LogP contribution in [-0.2, 0) is 10.2 Å². The number of para-hydroxylation sites is 1. The van der Waals surface area contributed by atoms with Crippen molar-refractivity contribution in [1.29, 1.82) is 0 Å². The van der Waals surface area contributed by atoms with Crippen LogP contribution >= 0.6 is 11.8 Å². The number of aryl methyl sites for hydroxylation is 1. The number of carbonyl (C=O) groups excluding carboxylic acids is 1. The number of amides is 1. The molecule has 1 amide bonds. The number of nitrogens with zero attached hydrogens (tertiary/aromatic N) is 6. The Morgan fingerprint density at radius 2 is 1.65 bits per heavy atom. The van der Waals surface area contributed by atoms with E-state index in [2.05, 4.69) is 70.9 Å². The third-order valence-electron chi connectivity index (χ3n) is 7.04. The lowest BCUT2D eigenvalue weighted by Crippen LogP contribution is -2.20. The van der Waals surface area contributed by atoms with Crippen molar-refractivity contribution in [2.75, 3.05) is 12.9 Å².